The van der Waals surface area contributed by atoms with Gasteiger partial charge in [-0.05, 0) is 41.6 Å². The van der Waals surface area contributed by atoms with Crippen LogP contribution in [0.15, 0.2) is 53.4 Å². The van der Waals surface area contributed by atoms with Gasteiger partial charge in [-0.3, -0.25) is 10.2 Å². The molecular weight excluding hydrogens is 284 g/mol. The second-order valence-corrected chi connectivity index (χ2v) is 5.36. The predicted molar refractivity (Wildman–Crippen MR) is 85.0 cm³/mol. The molecule has 3 N–H and O–H groups in total. The normalized spacial score (nSPS) is 10.2. The van der Waals surface area contributed by atoms with Crippen molar-refractivity contribution in [3.63, 3.8) is 0 Å². The van der Waals surface area contributed by atoms with E-state index in [2.05, 4.69) is 5.43 Å². The molecule has 4 nitrogen and oxygen atoms in total. The van der Waals surface area contributed by atoms with Crippen LogP contribution in [-0.4, -0.2) is 12.2 Å². The van der Waals surface area contributed by atoms with E-state index in [0.717, 1.165) is 16.9 Å². The summed E-state index contributed by atoms with van der Waals surface area (Å²) in [7, 11) is 0. The van der Waals surface area contributed by atoms with E-state index in [1.54, 1.807) is 11.8 Å². The maximum absolute atomic E-state index is 11.4. The molecular formula is C16H18N2O2S. The predicted octanol–water partition coefficient (Wildman–Crippen LogP) is 2.52. The Morgan fingerprint density at radius 1 is 1.14 bits per heavy atom. The third-order valence-corrected chi connectivity index (χ3v) is 3.83. The third-order valence-electron chi connectivity index (χ3n) is 3.08. The average molecular weight is 302 g/mol. The molecule has 0 aromatic heterocycles. The van der Waals surface area contributed by atoms with Gasteiger partial charge in [0.1, 0.15) is 12.4 Å². The highest BCUT2D eigenvalue weighted by atomic mass is 32.2. The summed E-state index contributed by atoms with van der Waals surface area (Å²) in [6, 6.07) is 15.6. The number of rotatable bonds is 6. The summed E-state index contributed by atoms with van der Waals surface area (Å²) in [6.07, 6.45) is 2.29. The minimum atomic E-state index is -0.216. The number of hydrazine groups is 1. The Balaban J connectivity index is 2.03. The molecule has 2 aromatic carbocycles. The highest BCUT2D eigenvalue weighted by molar-refractivity contribution is 7.98. The molecule has 0 radical (unpaired) electrons. The van der Waals surface area contributed by atoms with Gasteiger partial charge in [0.15, 0.2) is 0 Å². The molecule has 0 saturated carbocycles. The molecule has 0 atom stereocenters. The Labute approximate surface area is 128 Å². The molecule has 0 unspecified atom stereocenters. The molecule has 0 saturated heterocycles. The number of nitrogens with two attached hydrogens (primary N) is 1. The summed E-state index contributed by atoms with van der Waals surface area (Å²) in [5.41, 5.74) is 4.04. The highest BCUT2D eigenvalue weighted by Crippen LogP contribution is 2.20. The van der Waals surface area contributed by atoms with Crippen molar-refractivity contribution >= 4 is 17.7 Å². The molecule has 2 aromatic rings. The van der Waals surface area contributed by atoms with Crippen molar-refractivity contribution in [1.82, 2.24) is 5.43 Å². The lowest BCUT2D eigenvalue weighted by atomic mass is 10.1. The second kappa shape index (κ2) is 7.71. The summed E-state index contributed by atoms with van der Waals surface area (Å²) in [5.74, 6) is 5.72. The molecule has 0 aliphatic rings. The van der Waals surface area contributed by atoms with E-state index >= 15 is 0 Å². The fourth-order valence-corrected chi connectivity index (χ4v) is 2.34. The number of thioether (sulfide) groups is 1. The van der Waals surface area contributed by atoms with Crippen LogP contribution in [0, 0.1) is 0 Å². The molecule has 0 spiro atoms. The number of benzene rings is 2. The lowest BCUT2D eigenvalue weighted by Gasteiger charge is -2.11. The lowest BCUT2D eigenvalue weighted by molar-refractivity contribution is -0.120. The quantitative estimate of drug-likeness (QED) is 0.372. The van der Waals surface area contributed by atoms with E-state index in [9.17, 15) is 4.79 Å². The molecule has 110 valence electrons. The minimum Gasteiger partial charge on any atom is -0.489 e. The van der Waals surface area contributed by atoms with Crippen LogP contribution in [0.3, 0.4) is 0 Å². The van der Waals surface area contributed by atoms with E-state index < -0.39 is 0 Å². The molecule has 0 fully saturated rings. The maximum Gasteiger partial charge on any atom is 0.238 e. The number of hydrogen-bond acceptors (Lipinski definition) is 4. The summed E-state index contributed by atoms with van der Waals surface area (Å²) in [5, 5.41) is 0. The number of ether oxygens (including phenoxy) is 1. The van der Waals surface area contributed by atoms with Gasteiger partial charge in [0.25, 0.3) is 0 Å². The number of carbonyl (C=O) groups is 1. The Bertz CT molecular complexity index is 599. The van der Waals surface area contributed by atoms with Crippen molar-refractivity contribution in [2.24, 2.45) is 5.84 Å². The van der Waals surface area contributed by atoms with Crippen LogP contribution in [0.25, 0.3) is 0 Å². The number of hydrogen-bond donors (Lipinski definition) is 2. The Kier molecular flexibility index (Phi) is 5.66. The second-order valence-electron chi connectivity index (χ2n) is 4.48. The largest absolute Gasteiger partial charge is 0.489 e. The highest BCUT2D eigenvalue weighted by Gasteiger charge is 2.07. The van der Waals surface area contributed by atoms with Gasteiger partial charge < -0.3 is 4.74 Å². The first kappa shape index (κ1) is 15.4. The number of amides is 1. The summed E-state index contributed by atoms with van der Waals surface area (Å²) < 4.78 is 5.78. The van der Waals surface area contributed by atoms with Gasteiger partial charge in [-0.2, -0.15) is 0 Å². The van der Waals surface area contributed by atoms with E-state index in [1.807, 2.05) is 54.8 Å². The van der Waals surface area contributed by atoms with Crippen molar-refractivity contribution in [3.05, 3.63) is 59.7 Å². The van der Waals surface area contributed by atoms with E-state index in [0.29, 0.717) is 6.61 Å². The van der Waals surface area contributed by atoms with Gasteiger partial charge in [0, 0.05) is 4.90 Å². The van der Waals surface area contributed by atoms with Gasteiger partial charge >= 0.3 is 0 Å². The first-order valence-corrected chi connectivity index (χ1v) is 7.78. The van der Waals surface area contributed by atoms with Crippen molar-refractivity contribution in [1.29, 1.82) is 0 Å². The van der Waals surface area contributed by atoms with E-state index in [1.165, 1.54) is 4.90 Å². The zero-order valence-electron chi connectivity index (χ0n) is 11.8. The Morgan fingerprint density at radius 3 is 2.43 bits per heavy atom. The maximum atomic E-state index is 11.4. The van der Waals surface area contributed by atoms with Gasteiger partial charge in [-0.15, -0.1) is 11.8 Å². The van der Waals surface area contributed by atoms with Gasteiger partial charge in [0.2, 0.25) is 5.91 Å². The van der Waals surface area contributed by atoms with Crippen LogP contribution >= 0.6 is 11.8 Å². The van der Waals surface area contributed by atoms with Gasteiger partial charge in [0.05, 0.1) is 6.42 Å². The first-order valence-electron chi connectivity index (χ1n) is 6.56. The van der Waals surface area contributed by atoms with Crippen molar-refractivity contribution in [3.8, 4) is 5.75 Å². The van der Waals surface area contributed by atoms with Crippen LogP contribution < -0.4 is 16.0 Å². The lowest BCUT2D eigenvalue weighted by Crippen LogP contribution is -2.31. The molecule has 0 bridgehead atoms. The summed E-state index contributed by atoms with van der Waals surface area (Å²) in [6.45, 7) is 0.423. The molecule has 0 heterocycles. The van der Waals surface area contributed by atoms with Crippen LogP contribution in [0.5, 0.6) is 5.75 Å². The molecule has 0 aliphatic carbocycles. The van der Waals surface area contributed by atoms with E-state index in [-0.39, 0.29) is 12.3 Å². The zero-order chi connectivity index (χ0) is 15.1. The monoisotopic (exact) mass is 302 g/mol. The fraction of sp³-hybridized carbons (Fsp3) is 0.188. The Morgan fingerprint density at radius 2 is 1.81 bits per heavy atom. The topological polar surface area (TPSA) is 64.3 Å². The SMILES string of the molecule is CSc1ccc(OCc2ccccc2CC(=O)NN)cc1. The average Bonchev–Trinajstić information content (AvgIpc) is 2.54. The molecule has 5 heteroatoms. The molecule has 21 heavy (non-hydrogen) atoms. The van der Waals surface area contributed by atoms with Crippen molar-refractivity contribution < 1.29 is 9.53 Å². The zero-order valence-corrected chi connectivity index (χ0v) is 12.7. The fourth-order valence-electron chi connectivity index (χ4n) is 1.93. The standard InChI is InChI=1S/C16H18N2O2S/c1-21-15-8-6-14(7-9-15)20-11-13-5-3-2-4-12(13)10-16(19)18-17/h2-9H,10-11,17H2,1H3,(H,18,19). The van der Waals surface area contributed by atoms with Crippen molar-refractivity contribution in [2.45, 2.75) is 17.9 Å². The van der Waals surface area contributed by atoms with Crippen LogP contribution in [-0.2, 0) is 17.8 Å². The smallest absolute Gasteiger partial charge is 0.238 e. The number of nitrogens with one attached hydrogen (secondary N) is 1. The van der Waals surface area contributed by atoms with Crippen LogP contribution in [0.2, 0.25) is 0 Å². The van der Waals surface area contributed by atoms with Gasteiger partial charge in [-0.1, -0.05) is 24.3 Å². The molecule has 2 rings (SSSR count). The number of carbonyl (C=O) groups excluding carboxylic acids is 1. The minimum absolute atomic E-state index is 0.216. The van der Waals surface area contributed by atoms with Gasteiger partial charge in [-0.25, -0.2) is 5.84 Å². The first-order chi connectivity index (χ1) is 10.2. The summed E-state index contributed by atoms with van der Waals surface area (Å²) >= 11 is 1.69. The van der Waals surface area contributed by atoms with Crippen LogP contribution in [0.1, 0.15) is 11.1 Å². The summed E-state index contributed by atoms with van der Waals surface area (Å²) in [4.78, 5) is 12.6. The van der Waals surface area contributed by atoms with E-state index in [4.69, 9.17) is 10.6 Å². The Hall–Kier alpha value is -1.98. The molecule has 1 amide bonds. The third kappa shape index (κ3) is 4.51. The van der Waals surface area contributed by atoms with Crippen molar-refractivity contribution in [2.75, 3.05) is 6.26 Å². The van der Waals surface area contributed by atoms with Crippen LogP contribution in [0.4, 0.5) is 0 Å². The molecule has 0 aliphatic heterocycles.